The highest BCUT2D eigenvalue weighted by Gasteiger charge is 2.30. The van der Waals surface area contributed by atoms with Crippen molar-refractivity contribution in [3.8, 4) is 6.07 Å². The van der Waals surface area contributed by atoms with E-state index < -0.39 is 15.7 Å². The van der Waals surface area contributed by atoms with Gasteiger partial charge in [-0.3, -0.25) is 0 Å². The summed E-state index contributed by atoms with van der Waals surface area (Å²) in [7, 11) is -2.96. The number of nitrogens with zero attached hydrogens (tertiary/aromatic N) is 1. The SMILES string of the molecule is N#Cc1ccc(CNCC2CCCS2(=O)=O)c(F)c1. The van der Waals surface area contributed by atoms with E-state index in [4.69, 9.17) is 5.26 Å². The van der Waals surface area contributed by atoms with Crippen LogP contribution in [0.15, 0.2) is 18.2 Å². The van der Waals surface area contributed by atoms with Crippen molar-refractivity contribution in [2.45, 2.75) is 24.6 Å². The van der Waals surface area contributed by atoms with E-state index in [0.717, 1.165) is 0 Å². The predicted molar refractivity (Wildman–Crippen MR) is 69.6 cm³/mol. The van der Waals surface area contributed by atoms with Crippen LogP contribution in [0, 0.1) is 17.1 Å². The number of nitriles is 1. The summed E-state index contributed by atoms with van der Waals surface area (Å²) in [4.78, 5) is 0. The molecule has 4 nitrogen and oxygen atoms in total. The Labute approximate surface area is 112 Å². The lowest BCUT2D eigenvalue weighted by Gasteiger charge is -2.11. The average Bonchev–Trinajstić information content (AvgIpc) is 2.70. The van der Waals surface area contributed by atoms with Crippen LogP contribution in [-0.4, -0.2) is 26.0 Å². The summed E-state index contributed by atoms with van der Waals surface area (Å²) >= 11 is 0. The topological polar surface area (TPSA) is 70.0 Å². The summed E-state index contributed by atoms with van der Waals surface area (Å²) in [5.41, 5.74) is 0.717. The van der Waals surface area contributed by atoms with Crippen molar-refractivity contribution < 1.29 is 12.8 Å². The first-order chi connectivity index (χ1) is 9.03. The second-order valence-corrected chi connectivity index (χ2v) is 7.08. The zero-order valence-electron chi connectivity index (χ0n) is 10.4. The molecule has 0 radical (unpaired) electrons. The fraction of sp³-hybridized carbons (Fsp3) is 0.462. The van der Waals surface area contributed by atoms with Crippen LogP contribution in [-0.2, 0) is 16.4 Å². The molecule has 1 aromatic carbocycles. The summed E-state index contributed by atoms with van der Waals surface area (Å²) in [6.45, 7) is 0.616. The molecule has 1 heterocycles. The van der Waals surface area contributed by atoms with E-state index in [-0.39, 0.29) is 23.1 Å². The first-order valence-electron chi connectivity index (χ1n) is 6.14. The first-order valence-corrected chi connectivity index (χ1v) is 7.85. The highest BCUT2D eigenvalue weighted by Crippen LogP contribution is 2.19. The molecule has 0 bridgehead atoms. The van der Waals surface area contributed by atoms with Gasteiger partial charge in [-0.15, -0.1) is 0 Å². The normalized spacial score (nSPS) is 21.2. The van der Waals surface area contributed by atoms with Crippen molar-refractivity contribution in [2.24, 2.45) is 0 Å². The van der Waals surface area contributed by atoms with Gasteiger partial charge in [0.2, 0.25) is 0 Å². The summed E-state index contributed by atoms with van der Waals surface area (Å²) in [6.07, 6.45) is 1.38. The molecule has 1 N–H and O–H groups in total. The zero-order valence-corrected chi connectivity index (χ0v) is 11.2. The Morgan fingerprint density at radius 2 is 2.26 bits per heavy atom. The first kappa shape index (κ1) is 14.0. The minimum absolute atomic E-state index is 0.255. The van der Waals surface area contributed by atoms with Crippen LogP contribution in [0.25, 0.3) is 0 Å². The monoisotopic (exact) mass is 282 g/mol. The fourth-order valence-electron chi connectivity index (χ4n) is 2.22. The van der Waals surface area contributed by atoms with Crippen molar-refractivity contribution in [3.63, 3.8) is 0 Å². The molecule has 1 atom stereocenters. The molecular formula is C13H15FN2O2S. The molecule has 1 fully saturated rings. The van der Waals surface area contributed by atoms with E-state index >= 15 is 0 Å². The van der Waals surface area contributed by atoms with Crippen LogP contribution in [0.1, 0.15) is 24.0 Å². The molecule has 1 saturated heterocycles. The number of rotatable bonds is 4. The van der Waals surface area contributed by atoms with Gasteiger partial charge in [-0.2, -0.15) is 5.26 Å². The van der Waals surface area contributed by atoms with E-state index in [0.29, 0.717) is 24.9 Å². The standard InChI is InChI=1S/C13H15FN2O2S/c14-13-6-10(7-15)3-4-11(13)8-16-9-12-2-1-5-19(12,17)18/h3-4,6,12,16H,1-2,5,8-9H2. The molecule has 0 spiro atoms. The number of benzene rings is 1. The number of hydrogen-bond donors (Lipinski definition) is 1. The van der Waals surface area contributed by atoms with Crippen molar-refractivity contribution >= 4 is 9.84 Å². The summed E-state index contributed by atoms with van der Waals surface area (Å²) in [5.74, 6) is -0.189. The molecule has 1 aliphatic heterocycles. The van der Waals surface area contributed by atoms with Gasteiger partial charge in [0.15, 0.2) is 9.84 Å². The van der Waals surface area contributed by atoms with E-state index in [1.165, 1.54) is 6.07 Å². The minimum atomic E-state index is -2.96. The Kier molecular flexibility index (Phi) is 4.17. The predicted octanol–water partition coefficient (Wildman–Crippen LogP) is 1.36. The van der Waals surface area contributed by atoms with E-state index in [1.807, 2.05) is 6.07 Å². The summed E-state index contributed by atoms with van der Waals surface area (Å²) < 4.78 is 36.8. The highest BCUT2D eigenvalue weighted by molar-refractivity contribution is 7.92. The van der Waals surface area contributed by atoms with Crippen LogP contribution in [0.5, 0.6) is 0 Å². The maximum absolute atomic E-state index is 13.6. The molecule has 0 amide bonds. The number of halogens is 1. The van der Waals surface area contributed by atoms with Gasteiger partial charge >= 0.3 is 0 Å². The molecule has 1 aromatic rings. The van der Waals surface area contributed by atoms with Crippen molar-refractivity contribution in [3.05, 3.63) is 35.1 Å². The number of sulfone groups is 1. The second kappa shape index (κ2) is 5.68. The molecule has 1 unspecified atom stereocenters. The Morgan fingerprint density at radius 3 is 2.84 bits per heavy atom. The van der Waals surface area contributed by atoms with E-state index in [2.05, 4.69) is 5.32 Å². The number of nitrogens with one attached hydrogen (secondary N) is 1. The lowest BCUT2D eigenvalue weighted by Crippen LogP contribution is -2.30. The van der Waals surface area contributed by atoms with Gasteiger partial charge in [0.25, 0.3) is 0 Å². The summed E-state index contributed by atoms with van der Waals surface area (Å²) in [6, 6.07) is 6.14. The van der Waals surface area contributed by atoms with Crippen molar-refractivity contribution in [1.82, 2.24) is 5.32 Å². The van der Waals surface area contributed by atoms with Crippen molar-refractivity contribution in [2.75, 3.05) is 12.3 Å². The van der Waals surface area contributed by atoms with Crippen molar-refractivity contribution in [1.29, 1.82) is 5.26 Å². The van der Waals surface area contributed by atoms with Crippen LogP contribution >= 0.6 is 0 Å². The van der Waals surface area contributed by atoms with Gasteiger partial charge in [0, 0.05) is 18.7 Å². The van der Waals surface area contributed by atoms with Crippen LogP contribution < -0.4 is 5.32 Å². The smallest absolute Gasteiger partial charge is 0.154 e. The van der Waals surface area contributed by atoms with Crippen LogP contribution in [0.4, 0.5) is 4.39 Å². The van der Waals surface area contributed by atoms with Gasteiger partial charge in [-0.05, 0) is 25.0 Å². The number of hydrogen-bond acceptors (Lipinski definition) is 4. The second-order valence-electron chi connectivity index (χ2n) is 4.68. The Morgan fingerprint density at radius 1 is 1.47 bits per heavy atom. The Hall–Kier alpha value is -1.45. The van der Waals surface area contributed by atoms with Gasteiger partial charge in [-0.25, -0.2) is 12.8 Å². The van der Waals surface area contributed by atoms with Crippen LogP contribution in [0.2, 0.25) is 0 Å². The molecule has 19 heavy (non-hydrogen) atoms. The zero-order chi connectivity index (χ0) is 13.9. The summed E-state index contributed by atoms with van der Waals surface area (Å²) in [5, 5.41) is 11.3. The van der Waals surface area contributed by atoms with Crippen LogP contribution in [0.3, 0.4) is 0 Å². The Bertz CT molecular complexity index is 608. The molecule has 1 aliphatic rings. The molecule has 0 aromatic heterocycles. The molecular weight excluding hydrogens is 267 g/mol. The fourth-order valence-corrected chi connectivity index (χ4v) is 4.02. The van der Waals surface area contributed by atoms with Gasteiger partial charge in [-0.1, -0.05) is 6.07 Å². The van der Waals surface area contributed by atoms with Gasteiger partial charge < -0.3 is 5.32 Å². The van der Waals surface area contributed by atoms with Gasteiger partial charge in [0.05, 0.1) is 22.6 Å². The van der Waals surface area contributed by atoms with E-state index in [9.17, 15) is 12.8 Å². The third-order valence-electron chi connectivity index (χ3n) is 3.33. The van der Waals surface area contributed by atoms with Gasteiger partial charge in [0.1, 0.15) is 5.82 Å². The molecule has 0 saturated carbocycles. The lowest BCUT2D eigenvalue weighted by molar-refractivity contribution is 0.562. The molecule has 2 rings (SSSR count). The lowest BCUT2D eigenvalue weighted by atomic mass is 10.1. The third kappa shape index (κ3) is 3.31. The minimum Gasteiger partial charge on any atom is -0.311 e. The quantitative estimate of drug-likeness (QED) is 0.905. The molecule has 102 valence electrons. The Balaban J connectivity index is 1.92. The molecule has 0 aliphatic carbocycles. The van der Waals surface area contributed by atoms with E-state index in [1.54, 1.807) is 12.1 Å². The maximum Gasteiger partial charge on any atom is 0.154 e. The average molecular weight is 282 g/mol. The largest absolute Gasteiger partial charge is 0.311 e. The molecule has 6 heteroatoms. The highest BCUT2D eigenvalue weighted by atomic mass is 32.2. The maximum atomic E-state index is 13.6. The third-order valence-corrected chi connectivity index (χ3v) is 5.61.